The van der Waals surface area contributed by atoms with Gasteiger partial charge >= 0.3 is 0 Å². The van der Waals surface area contributed by atoms with Gasteiger partial charge in [0.15, 0.2) is 0 Å². The van der Waals surface area contributed by atoms with Gasteiger partial charge in [-0.25, -0.2) is 0 Å². The minimum Gasteiger partial charge on any atom is -0.385 e. The topological polar surface area (TPSA) is 70.7 Å². The number of anilines is 2. The zero-order valence-corrected chi connectivity index (χ0v) is 20.1. The third-order valence-corrected chi connectivity index (χ3v) is 5.32. The summed E-state index contributed by atoms with van der Waals surface area (Å²) < 4.78 is 5.02. The fourth-order valence-corrected chi connectivity index (χ4v) is 3.52. The van der Waals surface area contributed by atoms with E-state index >= 15 is 0 Å². The lowest BCUT2D eigenvalue weighted by Crippen LogP contribution is -2.27. The first-order valence-electron chi connectivity index (χ1n) is 11.9. The molecule has 0 aromatic heterocycles. The van der Waals surface area contributed by atoms with Crippen molar-refractivity contribution < 1.29 is 14.3 Å². The molecule has 0 radical (unpaired) electrons. The lowest BCUT2D eigenvalue weighted by molar-refractivity contribution is -0.116. The lowest BCUT2D eigenvalue weighted by Gasteiger charge is -2.18. The lowest BCUT2D eigenvalue weighted by atomic mass is 10.1. The highest BCUT2D eigenvalue weighted by molar-refractivity contribution is 6.02. The number of methoxy groups -OCH3 is 1. The Bertz CT molecular complexity index is 647. The van der Waals surface area contributed by atoms with Crippen molar-refractivity contribution in [1.82, 2.24) is 5.32 Å². The molecule has 2 amide bonds. The van der Waals surface area contributed by atoms with Crippen molar-refractivity contribution in [3.8, 4) is 0 Å². The number of unbranched alkanes of at least 4 members (excludes halogenated alkanes) is 8. The summed E-state index contributed by atoms with van der Waals surface area (Å²) in [4.78, 5) is 26.9. The minimum atomic E-state index is -0.144. The number of benzene rings is 1. The zero-order valence-electron chi connectivity index (χ0n) is 20.1. The third kappa shape index (κ3) is 11.8. The number of nitrogens with one attached hydrogen (secondary N) is 2. The monoisotopic (exact) mass is 433 g/mol. The normalized spacial score (nSPS) is 10.7. The van der Waals surface area contributed by atoms with Crippen molar-refractivity contribution in [2.75, 3.05) is 44.6 Å². The average molecular weight is 434 g/mol. The van der Waals surface area contributed by atoms with Crippen molar-refractivity contribution in [2.24, 2.45) is 0 Å². The van der Waals surface area contributed by atoms with E-state index in [2.05, 4.69) is 17.6 Å². The molecule has 0 heterocycles. The Kier molecular flexibility index (Phi) is 14.4. The van der Waals surface area contributed by atoms with Gasteiger partial charge in [0.2, 0.25) is 5.91 Å². The van der Waals surface area contributed by atoms with Gasteiger partial charge in [0, 0.05) is 52.2 Å². The Morgan fingerprint density at radius 1 is 0.935 bits per heavy atom. The summed E-state index contributed by atoms with van der Waals surface area (Å²) in [7, 11) is 5.45. The smallest absolute Gasteiger partial charge is 0.253 e. The number of carbonyl (C=O) groups excluding carboxylic acids is 2. The quantitative estimate of drug-likeness (QED) is 0.324. The van der Waals surface area contributed by atoms with E-state index in [4.69, 9.17) is 4.74 Å². The van der Waals surface area contributed by atoms with E-state index in [9.17, 15) is 9.59 Å². The maximum atomic E-state index is 12.6. The molecule has 6 heteroatoms. The van der Waals surface area contributed by atoms with Crippen LogP contribution in [0.25, 0.3) is 0 Å². The van der Waals surface area contributed by atoms with Crippen LogP contribution in [0.2, 0.25) is 0 Å². The van der Waals surface area contributed by atoms with Crippen LogP contribution in [-0.2, 0) is 9.53 Å². The first kappa shape index (κ1) is 27.0. The first-order valence-corrected chi connectivity index (χ1v) is 11.9. The molecule has 31 heavy (non-hydrogen) atoms. The minimum absolute atomic E-state index is 0.00648. The highest BCUT2D eigenvalue weighted by Gasteiger charge is 2.14. The van der Waals surface area contributed by atoms with E-state index in [1.807, 2.05) is 31.1 Å². The van der Waals surface area contributed by atoms with Crippen molar-refractivity contribution in [2.45, 2.75) is 77.6 Å². The maximum absolute atomic E-state index is 12.6. The summed E-state index contributed by atoms with van der Waals surface area (Å²) in [5, 5.41) is 5.87. The molecule has 0 saturated heterocycles. The molecule has 2 N–H and O–H groups in total. The van der Waals surface area contributed by atoms with Gasteiger partial charge in [0.1, 0.15) is 0 Å². The molecule has 0 fully saturated rings. The van der Waals surface area contributed by atoms with E-state index in [1.54, 1.807) is 13.2 Å². The van der Waals surface area contributed by atoms with Crippen molar-refractivity contribution in [3.05, 3.63) is 23.8 Å². The summed E-state index contributed by atoms with van der Waals surface area (Å²) >= 11 is 0. The largest absolute Gasteiger partial charge is 0.385 e. The van der Waals surface area contributed by atoms with Crippen LogP contribution in [0.4, 0.5) is 11.4 Å². The van der Waals surface area contributed by atoms with Crippen LogP contribution in [-0.4, -0.2) is 46.2 Å². The molecule has 0 aliphatic rings. The first-order chi connectivity index (χ1) is 15.0. The predicted molar refractivity (Wildman–Crippen MR) is 130 cm³/mol. The zero-order chi connectivity index (χ0) is 22.9. The highest BCUT2D eigenvalue weighted by Crippen LogP contribution is 2.23. The van der Waals surface area contributed by atoms with Gasteiger partial charge in [0.25, 0.3) is 5.91 Å². The Labute approximate surface area is 189 Å². The number of rotatable bonds is 17. The Morgan fingerprint density at radius 2 is 1.58 bits per heavy atom. The van der Waals surface area contributed by atoms with E-state index in [-0.39, 0.29) is 11.8 Å². The highest BCUT2D eigenvalue weighted by atomic mass is 16.5. The second-order valence-corrected chi connectivity index (χ2v) is 8.36. The number of hydrogen-bond donors (Lipinski definition) is 2. The van der Waals surface area contributed by atoms with E-state index in [0.29, 0.717) is 30.8 Å². The average Bonchev–Trinajstić information content (AvgIpc) is 2.75. The van der Waals surface area contributed by atoms with Crippen LogP contribution >= 0.6 is 0 Å². The van der Waals surface area contributed by atoms with Gasteiger partial charge in [-0.1, -0.05) is 58.3 Å². The van der Waals surface area contributed by atoms with Crippen LogP contribution in [0, 0.1) is 0 Å². The Morgan fingerprint density at radius 3 is 2.19 bits per heavy atom. The van der Waals surface area contributed by atoms with Gasteiger partial charge in [0.05, 0.1) is 5.56 Å². The molecule has 6 nitrogen and oxygen atoms in total. The van der Waals surface area contributed by atoms with Crippen LogP contribution < -0.4 is 15.5 Å². The molecule has 1 aromatic rings. The van der Waals surface area contributed by atoms with Gasteiger partial charge in [-0.3, -0.25) is 9.59 Å². The molecular formula is C25H43N3O3. The van der Waals surface area contributed by atoms with Crippen LogP contribution in [0.15, 0.2) is 18.2 Å². The molecule has 176 valence electrons. The second-order valence-electron chi connectivity index (χ2n) is 8.36. The number of hydrogen-bond acceptors (Lipinski definition) is 4. The van der Waals surface area contributed by atoms with Gasteiger partial charge in [-0.15, -0.1) is 0 Å². The third-order valence-electron chi connectivity index (χ3n) is 5.32. The summed E-state index contributed by atoms with van der Waals surface area (Å²) in [5.41, 5.74) is 2.04. The standard InChI is InChI=1S/C25H43N3O3/c1-5-6-7-8-9-10-11-12-13-15-24(29)27-21-16-17-23(28(2)3)22(20-21)25(30)26-18-14-19-31-4/h16-17,20H,5-15,18-19H2,1-4H3,(H,26,30)(H,27,29). The molecule has 1 aromatic carbocycles. The fourth-order valence-electron chi connectivity index (χ4n) is 3.52. The summed E-state index contributed by atoms with van der Waals surface area (Å²) in [5.74, 6) is -0.137. The van der Waals surface area contributed by atoms with Gasteiger partial charge in [-0.2, -0.15) is 0 Å². The van der Waals surface area contributed by atoms with Crippen molar-refractivity contribution >= 4 is 23.2 Å². The maximum Gasteiger partial charge on any atom is 0.253 e. The SMILES string of the molecule is CCCCCCCCCCCC(=O)Nc1ccc(N(C)C)c(C(=O)NCCCOC)c1. The number of amides is 2. The molecule has 0 bridgehead atoms. The number of carbonyl (C=O) groups is 2. The molecular weight excluding hydrogens is 390 g/mol. The molecule has 0 aliphatic carbocycles. The van der Waals surface area contributed by atoms with Crippen molar-refractivity contribution in [3.63, 3.8) is 0 Å². The fraction of sp³-hybridized carbons (Fsp3) is 0.680. The molecule has 0 unspecified atom stereocenters. The van der Waals surface area contributed by atoms with E-state index in [1.165, 1.54) is 44.9 Å². The summed E-state index contributed by atoms with van der Waals surface area (Å²) in [6.45, 7) is 3.40. The van der Waals surface area contributed by atoms with Gasteiger partial charge < -0.3 is 20.3 Å². The Hall–Kier alpha value is -2.08. The summed E-state index contributed by atoms with van der Waals surface area (Å²) in [6.07, 6.45) is 12.3. The number of ether oxygens (including phenoxy) is 1. The van der Waals surface area contributed by atoms with Crippen LogP contribution in [0.1, 0.15) is 87.9 Å². The Balaban J connectivity index is 2.45. The van der Waals surface area contributed by atoms with Crippen molar-refractivity contribution in [1.29, 1.82) is 0 Å². The van der Waals surface area contributed by atoms with Crippen LogP contribution in [0.3, 0.4) is 0 Å². The molecule has 0 saturated carbocycles. The second kappa shape index (κ2) is 16.6. The molecule has 0 atom stereocenters. The van der Waals surface area contributed by atoms with E-state index < -0.39 is 0 Å². The molecule has 0 spiro atoms. The predicted octanol–water partition coefficient (Wildman–Crippen LogP) is 5.38. The van der Waals surface area contributed by atoms with Gasteiger partial charge in [-0.05, 0) is 31.0 Å². The number of nitrogens with zero attached hydrogens (tertiary/aromatic N) is 1. The molecule has 1 rings (SSSR count). The summed E-state index contributed by atoms with van der Waals surface area (Å²) in [6, 6.07) is 5.48. The molecule has 0 aliphatic heterocycles. The van der Waals surface area contributed by atoms with Crippen LogP contribution in [0.5, 0.6) is 0 Å². The van der Waals surface area contributed by atoms with E-state index in [0.717, 1.165) is 24.9 Å².